The summed E-state index contributed by atoms with van der Waals surface area (Å²) < 4.78 is 91.5. The third kappa shape index (κ3) is 6.04. The van der Waals surface area contributed by atoms with E-state index in [9.17, 15) is 31.1 Å². The highest BCUT2D eigenvalue weighted by Gasteiger charge is 2.39. The highest BCUT2D eigenvalue weighted by molar-refractivity contribution is 5.90. The van der Waals surface area contributed by atoms with Crippen LogP contribution in [0.1, 0.15) is 55.1 Å². The summed E-state index contributed by atoms with van der Waals surface area (Å²) in [7, 11) is 1.42. The number of ether oxygens (including phenoxy) is 2. The summed E-state index contributed by atoms with van der Waals surface area (Å²) in [6.45, 7) is 3.24. The molecule has 2 aromatic heterocycles. The minimum absolute atomic E-state index is 0.0222. The number of hydrogen-bond acceptors (Lipinski definition) is 8. The fraction of sp³-hybridized carbons (Fsp3) is 0.458. The highest BCUT2D eigenvalue weighted by Crippen LogP contribution is 2.40. The van der Waals surface area contributed by atoms with E-state index < -0.39 is 42.2 Å². The van der Waals surface area contributed by atoms with E-state index in [1.165, 1.54) is 12.0 Å². The Bertz CT molecular complexity index is 1330. The van der Waals surface area contributed by atoms with Gasteiger partial charge in [0.25, 0.3) is 0 Å². The van der Waals surface area contributed by atoms with Gasteiger partial charge in [0.05, 0.1) is 48.8 Å². The molecule has 0 fully saturated rings. The second kappa shape index (κ2) is 11.2. The van der Waals surface area contributed by atoms with Crippen LogP contribution in [0.3, 0.4) is 0 Å². The van der Waals surface area contributed by atoms with Crippen molar-refractivity contribution in [1.29, 1.82) is 0 Å². The van der Waals surface area contributed by atoms with E-state index >= 15 is 0 Å². The number of carbonyl (C=O) groups excluding carboxylic acids is 1. The van der Waals surface area contributed by atoms with Crippen molar-refractivity contribution in [3.05, 3.63) is 52.7 Å². The van der Waals surface area contributed by atoms with Crippen molar-refractivity contribution in [2.75, 3.05) is 23.9 Å². The molecule has 1 aromatic carbocycles. The average molecular weight is 573 g/mol. The first-order chi connectivity index (χ1) is 18.8. The molecule has 16 heteroatoms. The maximum Gasteiger partial charge on any atom is 0.416 e. The third-order valence-corrected chi connectivity index (χ3v) is 6.30. The summed E-state index contributed by atoms with van der Waals surface area (Å²) in [6.07, 6.45) is -9.69. The quantitative estimate of drug-likeness (QED) is 0.372. The predicted molar refractivity (Wildman–Crippen MR) is 129 cm³/mol. The van der Waals surface area contributed by atoms with Gasteiger partial charge in [-0.1, -0.05) is 12.0 Å². The maximum absolute atomic E-state index is 13.3. The Hall–Kier alpha value is -4.11. The lowest BCUT2D eigenvalue weighted by Crippen LogP contribution is -2.46. The number of nitrogens with one attached hydrogen (secondary N) is 1. The number of hydrogen-bond donors (Lipinski definition) is 1. The van der Waals surface area contributed by atoms with Gasteiger partial charge in [0.15, 0.2) is 0 Å². The molecule has 3 aromatic rings. The number of rotatable bonds is 7. The molecule has 0 unspecified atom stereocenters. The van der Waals surface area contributed by atoms with Crippen molar-refractivity contribution >= 4 is 17.7 Å². The molecule has 0 radical (unpaired) electrons. The van der Waals surface area contributed by atoms with Crippen molar-refractivity contribution in [3.63, 3.8) is 0 Å². The minimum atomic E-state index is -4.99. The van der Waals surface area contributed by atoms with Crippen LogP contribution in [0.2, 0.25) is 0 Å². The van der Waals surface area contributed by atoms with Crippen LogP contribution in [0, 0.1) is 0 Å². The first kappa shape index (κ1) is 28.9. The van der Waals surface area contributed by atoms with E-state index in [1.807, 2.05) is 6.92 Å². The Morgan fingerprint density at radius 2 is 1.75 bits per heavy atom. The fourth-order valence-electron chi connectivity index (χ4n) is 4.48. The van der Waals surface area contributed by atoms with E-state index in [1.54, 1.807) is 19.1 Å². The van der Waals surface area contributed by atoms with Gasteiger partial charge >= 0.3 is 18.4 Å². The third-order valence-electron chi connectivity index (χ3n) is 6.30. The zero-order chi connectivity index (χ0) is 29.2. The van der Waals surface area contributed by atoms with Gasteiger partial charge in [-0.25, -0.2) is 14.5 Å². The van der Waals surface area contributed by atoms with Crippen LogP contribution in [0.5, 0.6) is 5.88 Å². The molecule has 1 N–H and O–H groups in total. The van der Waals surface area contributed by atoms with E-state index in [2.05, 4.69) is 25.8 Å². The van der Waals surface area contributed by atoms with Crippen molar-refractivity contribution in [2.24, 2.45) is 0 Å². The maximum atomic E-state index is 13.3. The molecule has 0 aliphatic carbocycles. The molecule has 0 spiro atoms. The van der Waals surface area contributed by atoms with E-state index in [0.717, 1.165) is 4.68 Å². The van der Waals surface area contributed by atoms with Crippen molar-refractivity contribution in [2.45, 2.75) is 57.7 Å². The van der Waals surface area contributed by atoms with Gasteiger partial charge in [0.2, 0.25) is 11.8 Å². The van der Waals surface area contributed by atoms with Crippen molar-refractivity contribution in [3.8, 4) is 5.88 Å². The molecule has 0 saturated heterocycles. The molecular formula is C24H25F6N7O3. The number of fused-ring (bicyclic) bond motifs is 1. The molecule has 0 bridgehead atoms. The number of amides is 1. The van der Waals surface area contributed by atoms with Crippen LogP contribution < -0.4 is 15.0 Å². The van der Waals surface area contributed by atoms with Gasteiger partial charge in [0.1, 0.15) is 0 Å². The van der Waals surface area contributed by atoms with Crippen LogP contribution in [0.25, 0.3) is 0 Å². The SMILES string of the molecule is CCOC(=O)N1c2ccc(OC)nc2[C@@H](Nc2nnnn2Cc2cc(C(F)(F)F)cc(C(F)(F)F)c2)C[C@H]1CC. The van der Waals surface area contributed by atoms with Gasteiger partial charge in [-0.3, -0.25) is 4.90 Å². The largest absolute Gasteiger partial charge is 0.481 e. The lowest BCUT2D eigenvalue weighted by Gasteiger charge is -2.39. The molecule has 1 aliphatic heterocycles. The zero-order valence-corrected chi connectivity index (χ0v) is 21.5. The Kier molecular flexibility index (Phi) is 8.07. The number of carbonyl (C=O) groups is 1. The summed E-state index contributed by atoms with van der Waals surface area (Å²) >= 11 is 0. The molecule has 40 heavy (non-hydrogen) atoms. The Labute approximate surface area is 224 Å². The fourth-order valence-corrected chi connectivity index (χ4v) is 4.48. The molecule has 216 valence electrons. The van der Waals surface area contributed by atoms with Crippen LogP contribution in [0.4, 0.5) is 42.8 Å². The second-order valence-corrected chi connectivity index (χ2v) is 8.90. The number of tetrazole rings is 1. The standard InChI is InChI=1S/C24H25F6N7O3/c1-4-16-11-17(20-18(6-7-19(32-20)39-3)37(16)22(38)40-5-2)31-21-33-34-35-36(21)12-13-8-14(23(25,26)27)10-15(9-13)24(28,29)30/h6-10,16-17H,4-5,11-12H2,1-3H3,(H,31,33,35)/t16-,17+/m1/s1. The second-order valence-electron chi connectivity index (χ2n) is 8.90. The Morgan fingerprint density at radius 1 is 1.07 bits per heavy atom. The number of halogens is 6. The topological polar surface area (TPSA) is 107 Å². The summed E-state index contributed by atoms with van der Waals surface area (Å²) in [4.78, 5) is 18.8. The first-order valence-corrected chi connectivity index (χ1v) is 12.2. The average Bonchev–Trinajstić information content (AvgIpc) is 3.33. The summed E-state index contributed by atoms with van der Waals surface area (Å²) in [6, 6.07) is 3.59. The zero-order valence-electron chi connectivity index (χ0n) is 21.5. The Balaban J connectivity index is 1.69. The summed E-state index contributed by atoms with van der Waals surface area (Å²) in [5, 5.41) is 14.3. The Morgan fingerprint density at radius 3 is 2.33 bits per heavy atom. The van der Waals surface area contributed by atoms with Crippen molar-refractivity contribution < 1.29 is 40.6 Å². The molecule has 0 saturated carbocycles. The van der Waals surface area contributed by atoms with Crippen LogP contribution in [-0.4, -0.2) is 51.0 Å². The highest BCUT2D eigenvalue weighted by atomic mass is 19.4. The molecular weight excluding hydrogens is 548 g/mol. The van der Waals surface area contributed by atoms with E-state index in [-0.39, 0.29) is 36.1 Å². The number of anilines is 2. The molecule has 2 atom stereocenters. The number of methoxy groups -OCH3 is 1. The lowest BCUT2D eigenvalue weighted by atomic mass is 9.93. The molecule has 1 aliphatic rings. The summed E-state index contributed by atoms with van der Waals surface area (Å²) in [5.41, 5.74) is -2.35. The molecule has 1 amide bonds. The van der Waals surface area contributed by atoms with E-state index in [0.29, 0.717) is 36.4 Å². The van der Waals surface area contributed by atoms with Crippen molar-refractivity contribution in [1.82, 2.24) is 25.2 Å². The predicted octanol–water partition coefficient (Wildman–Crippen LogP) is 5.46. The smallest absolute Gasteiger partial charge is 0.416 e. The van der Waals surface area contributed by atoms with Gasteiger partial charge in [-0.15, -0.1) is 0 Å². The molecule has 4 rings (SSSR count). The normalized spacial score (nSPS) is 17.4. The number of nitrogens with zero attached hydrogens (tertiary/aromatic N) is 6. The summed E-state index contributed by atoms with van der Waals surface area (Å²) in [5.74, 6) is 0.235. The van der Waals surface area contributed by atoms with Gasteiger partial charge in [-0.2, -0.15) is 26.3 Å². The number of benzene rings is 1. The molecule has 3 heterocycles. The van der Waals surface area contributed by atoms with Crippen LogP contribution in [-0.2, 0) is 23.6 Å². The van der Waals surface area contributed by atoms with Gasteiger partial charge in [-0.05, 0) is 60.0 Å². The lowest BCUT2D eigenvalue weighted by molar-refractivity contribution is -0.143. The monoisotopic (exact) mass is 573 g/mol. The minimum Gasteiger partial charge on any atom is -0.481 e. The number of pyridine rings is 1. The number of aromatic nitrogens is 5. The van der Waals surface area contributed by atoms with Gasteiger partial charge in [0, 0.05) is 12.1 Å². The molecule has 10 nitrogen and oxygen atoms in total. The first-order valence-electron chi connectivity index (χ1n) is 12.2. The van der Waals surface area contributed by atoms with Gasteiger partial charge < -0.3 is 14.8 Å². The van der Waals surface area contributed by atoms with Crippen LogP contribution in [0.15, 0.2) is 30.3 Å². The van der Waals surface area contributed by atoms with Crippen LogP contribution >= 0.6 is 0 Å². The van der Waals surface area contributed by atoms with E-state index in [4.69, 9.17) is 9.47 Å². The number of alkyl halides is 6.